The Kier molecular flexibility index (Phi) is 6.91. The SMILES string of the molecule is COc1ccc2c(C(=O)C(=O)N[C@@H]3c4cc5c(cc4[C@@H](c4cc(OC)c(OC)c(OC)c4)[C@H]4C(=O)OC[C@@H]43)OCO5)c[nH]c2c1. The lowest BCUT2D eigenvalue weighted by atomic mass is 9.65. The third-order valence-corrected chi connectivity index (χ3v) is 8.86. The van der Waals surface area contributed by atoms with Crippen LogP contribution in [-0.2, 0) is 14.3 Å². The van der Waals surface area contributed by atoms with Gasteiger partial charge in [0.05, 0.1) is 52.6 Å². The summed E-state index contributed by atoms with van der Waals surface area (Å²) in [4.78, 5) is 43.7. The minimum atomic E-state index is -0.815. The maximum atomic E-state index is 13.7. The van der Waals surface area contributed by atoms with Gasteiger partial charge in [-0.2, -0.15) is 0 Å². The van der Waals surface area contributed by atoms with E-state index in [0.717, 1.165) is 0 Å². The van der Waals surface area contributed by atoms with Gasteiger partial charge < -0.3 is 43.5 Å². The number of nitrogens with one attached hydrogen (secondary N) is 2. The molecule has 12 nitrogen and oxygen atoms in total. The van der Waals surface area contributed by atoms with E-state index >= 15 is 0 Å². The number of amides is 1. The summed E-state index contributed by atoms with van der Waals surface area (Å²) in [6, 6.07) is 11.7. The molecule has 1 aliphatic carbocycles. The molecule has 4 aromatic rings. The first kappa shape index (κ1) is 28.4. The van der Waals surface area contributed by atoms with Crippen molar-refractivity contribution in [2.24, 2.45) is 11.8 Å². The largest absolute Gasteiger partial charge is 0.497 e. The van der Waals surface area contributed by atoms with Gasteiger partial charge in [0.25, 0.3) is 11.7 Å². The number of hydrogen-bond acceptors (Lipinski definition) is 10. The van der Waals surface area contributed by atoms with E-state index in [1.807, 2.05) is 6.07 Å². The molecule has 3 heterocycles. The lowest BCUT2D eigenvalue weighted by molar-refractivity contribution is -0.141. The van der Waals surface area contributed by atoms with E-state index in [2.05, 4.69) is 10.3 Å². The molecule has 45 heavy (non-hydrogen) atoms. The zero-order chi connectivity index (χ0) is 31.4. The highest BCUT2D eigenvalue weighted by Crippen LogP contribution is 2.55. The summed E-state index contributed by atoms with van der Waals surface area (Å²) >= 11 is 0. The molecule has 7 rings (SSSR count). The molecule has 0 bridgehead atoms. The van der Waals surface area contributed by atoms with Gasteiger partial charge in [-0.05, 0) is 53.1 Å². The quantitative estimate of drug-likeness (QED) is 0.170. The molecular weight excluding hydrogens is 584 g/mol. The van der Waals surface area contributed by atoms with Crippen molar-refractivity contribution < 1.29 is 47.5 Å². The van der Waals surface area contributed by atoms with Gasteiger partial charge in [0, 0.05) is 35.0 Å². The lowest BCUT2D eigenvalue weighted by Gasteiger charge is -2.39. The van der Waals surface area contributed by atoms with E-state index in [9.17, 15) is 14.4 Å². The fourth-order valence-corrected chi connectivity index (χ4v) is 6.78. The number of rotatable bonds is 8. The Labute approximate surface area is 257 Å². The predicted molar refractivity (Wildman–Crippen MR) is 159 cm³/mol. The number of esters is 1. The summed E-state index contributed by atoms with van der Waals surface area (Å²) < 4.78 is 39.1. The van der Waals surface area contributed by atoms with Gasteiger partial charge in [-0.25, -0.2) is 0 Å². The van der Waals surface area contributed by atoms with Gasteiger partial charge in [-0.3, -0.25) is 14.4 Å². The number of ether oxygens (including phenoxy) is 7. The molecule has 0 spiro atoms. The molecule has 3 aliphatic rings. The Morgan fingerprint density at radius 1 is 0.867 bits per heavy atom. The van der Waals surface area contributed by atoms with Crippen LogP contribution in [0.5, 0.6) is 34.5 Å². The van der Waals surface area contributed by atoms with E-state index in [4.69, 9.17) is 33.2 Å². The maximum absolute atomic E-state index is 13.7. The van der Waals surface area contributed by atoms with Crippen LogP contribution in [0.2, 0.25) is 0 Å². The maximum Gasteiger partial charge on any atom is 0.310 e. The van der Waals surface area contributed by atoms with Crippen LogP contribution in [0, 0.1) is 11.8 Å². The summed E-state index contributed by atoms with van der Waals surface area (Å²) in [6.07, 6.45) is 1.50. The number of carbonyl (C=O) groups is 3. The zero-order valence-corrected chi connectivity index (χ0v) is 24.9. The van der Waals surface area contributed by atoms with Crippen molar-refractivity contribution in [2.75, 3.05) is 41.8 Å². The normalized spacial score (nSPS) is 21.0. The summed E-state index contributed by atoms with van der Waals surface area (Å²) in [5, 5.41) is 3.53. The van der Waals surface area contributed by atoms with Crippen LogP contribution in [0.3, 0.4) is 0 Å². The summed E-state index contributed by atoms with van der Waals surface area (Å²) in [5.74, 6) is -0.812. The van der Waals surface area contributed by atoms with Crippen molar-refractivity contribution in [3.8, 4) is 34.5 Å². The van der Waals surface area contributed by atoms with E-state index in [1.54, 1.807) is 43.5 Å². The van der Waals surface area contributed by atoms with Crippen molar-refractivity contribution in [2.45, 2.75) is 12.0 Å². The van der Waals surface area contributed by atoms with Crippen LogP contribution < -0.4 is 33.7 Å². The van der Waals surface area contributed by atoms with E-state index < -0.39 is 41.5 Å². The third-order valence-electron chi connectivity index (χ3n) is 8.86. The molecule has 0 unspecified atom stereocenters. The molecule has 1 fully saturated rings. The van der Waals surface area contributed by atoms with Gasteiger partial charge in [-0.1, -0.05) is 0 Å². The summed E-state index contributed by atoms with van der Waals surface area (Å²) in [6.45, 7) is 0.0765. The Balaban J connectivity index is 1.32. The number of aromatic nitrogens is 1. The van der Waals surface area contributed by atoms with Crippen LogP contribution in [0.4, 0.5) is 0 Å². The Hall–Kier alpha value is -5.39. The number of hydrogen-bond donors (Lipinski definition) is 2. The number of carbonyl (C=O) groups excluding carboxylic acids is 3. The molecule has 3 aromatic carbocycles. The lowest BCUT2D eigenvalue weighted by Crippen LogP contribution is -2.44. The third kappa shape index (κ3) is 4.47. The van der Waals surface area contributed by atoms with Gasteiger partial charge >= 0.3 is 5.97 Å². The highest BCUT2D eigenvalue weighted by Gasteiger charge is 2.53. The number of aromatic amines is 1. The minimum Gasteiger partial charge on any atom is -0.497 e. The molecule has 4 atom stereocenters. The molecule has 1 amide bonds. The monoisotopic (exact) mass is 614 g/mol. The van der Waals surface area contributed by atoms with Crippen LogP contribution in [0.25, 0.3) is 10.9 Å². The van der Waals surface area contributed by atoms with Crippen LogP contribution >= 0.6 is 0 Å². The number of H-pyrrole nitrogens is 1. The smallest absolute Gasteiger partial charge is 0.310 e. The topological polar surface area (TPSA) is 144 Å². The molecule has 12 heteroatoms. The molecular formula is C33H30N2O10. The highest BCUT2D eigenvalue weighted by atomic mass is 16.7. The average Bonchev–Trinajstić information content (AvgIpc) is 3.80. The Morgan fingerprint density at radius 2 is 1.58 bits per heavy atom. The molecule has 2 N–H and O–H groups in total. The number of methoxy groups -OCH3 is 4. The van der Waals surface area contributed by atoms with Gasteiger partial charge in [0.2, 0.25) is 12.5 Å². The van der Waals surface area contributed by atoms with Crippen molar-refractivity contribution in [1.29, 1.82) is 0 Å². The molecule has 1 saturated heterocycles. The van der Waals surface area contributed by atoms with Crippen molar-refractivity contribution in [3.05, 3.63) is 70.9 Å². The number of ketones is 1. The number of benzene rings is 3. The second kappa shape index (κ2) is 11.0. The van der Waals surface area contributed by atoms with E-state index in [1.165, 1.54) is 27.5 Å². The number of fused-ring (bicyclic) bond motifs is 4. The average molecular weight is 615 g/mol. The predicted octanol–water partition coefficient (Wildman–Crippen LogP) is 3.91. The van der Waals surface area contributed by atoms with Crippen molar-refractivity contribution >= 4 is 28.6 Å². The minimum absolute atomic E-state index is 0.0306. The van der Waals surface area contributed by atoms with Crippen LogP contribution in [0.15, 0.2) is 48.7 Å². The Morgan fingerprint density at radius 3 is 2.24 bits per heavy atom. The second-order valence-corrected chi connectivity index (χ2v) is 11.0. The number of Topliss-reactive ketones (excluding diaryl/α,β-unsaturated/α-hetero) is 1. The van der Waals surface area contributed by atoms with Crippen molar-refractivity contribution in [1.82, 2.24) is 10.3 Å². The van der Waals surface area contributed by atoms with Gasteiger partial charge in [-0.15, -0.1) is 0 Å². The first-order chi connectivity index (χ1) is 21.9. The van der Waals surface area contributed by atoms with E-state index in [0.29, 0.717) is 62.1 Å². The molecule has 0 saturated carbocycles. The first-order valence-corrected chi connectivity index (χ1v) is 14.3. The van der Waals surface area contributed by atoms with E-state index in [-0.39, 0.29) is 19.0 Å². The fourth-order valence-electron chi connectivity index (χ4n) is 6.78. The highest BCUT2D eigenvalue weighted by molar-refractivity contribution is 6.45. The van der Waals surface area contributed by atoms with Crippen molar-refractivity contribution in [3.63, 3.8) is 0 Å². The van der Waals surface area contributed by atoms with Gasteiger partial charge in [0.1, 0.15) is 5.75 Å². The standard InChI is InChI=1S/C33H30N2O10/c1-39-16-5-6-17-20(12-34-22(17)9-16)30(36)32(37)35-29-19-11-24-23(44-14-45-24)10-18(19)27(28-21(29)13-43-33(28)38)15-7-25(40-2)31(42-4)26(8-15)41-3/h5-12,21,27-29,34H,13-14H2,1-4H3,(H,35,37)/t21-,27+,28-,29+/m0/s1. The molecule has 2 aliphatic heterocycles. The van der Waals surface area contributed by atoms with Gasteiger partial charge in [0.15, 0.2) is 23.0 Å². The summed E-state index contributed by atoms with van der Waals surface area (Å²) in [5.41, 5.74) is 2.99. The fraction of sp³-hybridized carbons (Fsp3) is 0.303. The summed E-state index contributed by atoms with van der Waals surface area (Å²) in [7, 11) is 6.11. The van der Waals surface area contributed by atoms with Crippen LogP contribution in [-0.4, -0.2) is 64.5 Å². The molecule has 232 valence electrons. The molecule has 1 aromatic heterocycles. The van der Waals surface area contributed by atoms with Crippen LogP contribution in [0.1, 0.15) is 39.0 Å². The first-order valence-electron chi connectivity index (χ1n) is 14.3. The molecule has 0 radical (unpaired) electrons. The second-order valence-electron chi connectivity index (χ2n) is 11.0. The zero-order valence-electron chi connectivity index (χ0n) is 24.9. The number of cyclic esters (lactones) is 1. The Bertz CT molecular complexity index is 1840.